The van der Waals surface area contributed by atoms with Gasteiger partial charge >= 0.3 is 0 Å². The first-order valence-electron chi connectivity index (χ1n) is 5.87. The van der Waals surface area contributed by atoms with Crippen LogP contribution in [0, 0.1) is 0 Å². The molecule has 0 saturated carbocycles. The zero-order valence-electron chi connectivity index (χ0n) is 11.8. The van der Waals surface area contributed by atoms with Crippen LogP contribution in [0.3, 0.4) is 0 Å². The highest BCUT2D eigenvalue weighted by molar-refractivity contribution is 5.54. The highest BCUT2D eigenvalue weighted by atomic mass is 19.2. The second-order valence-corrected chi connectivity index (χ2v) is 3.96. The highest BCUT2D eigenvalue weighted by Crippen LogP contribution is 2.28. The van der Waals surface area contributed by atoms with Crippen LogP contribution >= 0.6 is 0 Å². The first-order valence-corrected chi connectivity index (χ1v) is 5.87. The molecule has 0 aliphatic rings. The fourth-order valence-electron chi connectivity index (χ4n) is 1.13. The van der Waals surface area contributed by atoms with Gasteiger partial charge < -0.3 is 0 Å². The molecule has 0 aromatic rings. The van der Waals surface area contributed by atoms with Crippen molar-refractivity contribution in [1.82, 2.24) is 0 Å². The molecule has 0 spiro atoms. The van der Waals surface area contributed by atoms with Gasteiger partial charge in [0.1, 0.15) is 5.83 Å². The van der Waals surface area contributed by atoms with Gasteiger partial charge in [0.25, 0.3) is 0 Å². The fourth-order valence-corrected chi connectivity index (χ4v) is 1.13. The Bertz CT molecular complexity index is 596. The van der Waals surface area contributed by atoms with Gasteiger partial charge in [-0.3, -0.25) is 0 Å². The van der Waals surface area contributed by atoms with E-state index in [-0.39, 0.29) is 11.1 Å². The summed E-state index contributed by atoms with van der Waals surface area (Å²) in [6, 6.07) is 0. The molecule has 0 saturated heterocycles. The van der Waals surface area contributed by atoms with E-state index in [0.717, 1.165) is 6.08 Å². The average molecular weight is 290 g/mol. The minimum Gasteiger partial charge on any atom is -0.206 e. The topological polar surface area (TPSA) is 0 Å². The monoisotopic (exact) mass is 290 g/mol. The molecule has 0 aliphatic carbocycles. The maximum Gasteiger partial charge on any atom is 0.166 e. The van der Waals surface area contributed by atoms with Crippen LogP contribution in [0.5, 0.6) is 0 Å². The molecule has 0 fully saturated rings. The van der Waals surface area contributed by atoms with Crippen LogP contribution in [0.25, 0.3) is 0 Å². The second-order valence-electron chi connectivity index (χ2n) is 3.96. The Morgan fingerprint density at radius 1 is 0.810 bits per heavy atom. The van der Waals surface area contributed by atoms with Gasteiger partial charge in [0.2, 0.25) is 0 Å². The molecular formula is C18H17F3. The molecule has 0 bridgehead atoms. The number of halogens is 3. The van der Waals surface area contributed by atoms with Crippen molar-refractivity contribution in [3.05, 3.63) is 110 Å². The first-order chi connectivity index (χ1) is 9.76. The smallest absolute Gasteiger partial charge is 0.166 e. The van der Waals surface area contributed by atoms with E-state index >= 15 is 0 Å². The summed E-state index contributed by atoms with van der Waals surface area (Å²) in [7, 11) is 0. The molecule has 0 heterocycles. The highest BCUT2D eigenvalue weighted by Gasteiger charge is 2.14. The summed E-state index contributed by atoms with van der Waals surface area (Å²) in [6.07, 6.45) is 6.39. The van der Waals surface area contributed by atoms with Crippen LogP contribution in [0.15, 0.2) is 110 Å². The summed E-state index contributed by atoms with van der Waals surface area (Å²) in [6.45, 7) is 20.5. The Balaban J connectivity index is 5.22. The van der Waals surface area contributed by atoms with Gasteiger partial charge in [0.05, 0.1) is 0 Å². The van der Waals surface area contributed by atoms with Gasteiger partial charge in [-0.15, -0.1) is 0 Å². The van der Waals surface area contributed by atoms with Crippen molar-refractivity contribution in [2.75, 3.05) is 0 Å². The van der Waals surface area contributed by atoms with Crippen molar-refractivity contribution in [3.63, 3.8) is 0 Å². The minimum atomic E-state index is -1.31. The van der Waals surface area contributed by atoms with Gasteiger partial charge in [0.15, 0.2) is 11.7 Å². The molecule has 0 N–H and O–H groups in total. The molecule has 110 valence electrons. The second kappa shape index (κ2) is 8.59. The molecule has 0 amide bonds. The van der Waals surface area contributed by atoms with Crippen LogP contribution in [0.4, 0.5) is 13.2 Å². The molecule has 0 unspecified atom stereocenters. The van der Waals surface area contributed by atoms with Crippen molar-refractivity contribution in [2.45, 2.75) is 0 Å². The van der Waals surface area contributed by atoms with Crippen molar-refractivity contribution < 1.29 is 13.2 Å². The van der Waals surface area contributed by atoms with Crippen LogP contribution in [-0.2, 0) is 0 Å². The van der Waals surface area contributed by atoms with Gasteiger partial charge in [0, 0.05) is 11.1 Å². The summed E-state index contributed by atoms with van der Waals surface area (Å²) in [4.78, 5) is 0. The Morgan fingerprint density at radius 2 is 1.38 bits per heavy atom. The lowest BCUT2D eigenvalue weighted by Crippen LogP contribution is -1.92. The van der Waals surface area contributed by atoms with Crippen LogP contribution in [0.1, 0.15) is 0 Å². The van der Waals surface area contributed by atoms with E-state index in [1.807, 2.05) is 0 Å². The molecule has 3 heteroatoms. The van der Waals surface area contributed by atoms with Crippen molar-refractivity contribution in [2.24, 2.45) is 0 Å². The largest absolute Gasteiger partial charge is 0.206 e. The normalized spacial score (nSPS) is 12.6. The molecular weight excluding hydrogens is 273 g/mol. The third-order valence-corrected chi connectivity index (χ3v) is 2.45. The summed E-state index contributed by atoms with van der Waals surface area (Å²) < 4.78 is 40.4. The van der Waals surface area contributed by atoms with E-state index in [0.29, 0.717) is 11.6 Å². The maximum atomic E-state index is 13.9. The summed E-state index contributed by atoms with van der Waals surface area (Å²) in [5, 5.41) is 0. The molecule has 0 aromatic heterocycles. The van der Waals surface area contributed by atoms with E-state index in [4.69, 9.17) is 0 Å². The first kappa shape index (κ1) is 18.4. The van der Waals surface area contributed by atoms with Gasteiger partial charge in [-0.25, -0.2) is 13.2 Å². The molecule has 0 rings (SSSR count). The summed E-state index contributed by atoms with van der Waals surface area (Å²) >= 11 is 0. The molecule has 0 aliphatic heterocycles. The SMILES string of the molecule is C=C/C=C\C(=C)C(=C)/C=C(/F)C(=C)C(=C)/C(F)=C(/F)C=C. The number of hydrogen-bond donors (Lipinski definition) is 0. The predicted molar refractivity (Wildman–Crippen MR) is 84.5 cm³/mol. The Morgan fingerprint density at radius 3 is 1.86 bits per heavy atom. The van der Waals surface area contributed by atoms with Crippen LogP contribution < -0.4 is 0 Å². The van der Waals surface area contributed by atoms with E-state index in [1.165, 1.54) is 6.08 Å². The number of allylic oxidation sites excluding steroid dienone is 12. The van der Waals surface area contributed by atoms with Gasteiger partial charge in [-0.2, -0.15) is 0 Å². The van der Waals surface area contributed by atoms with Crippen molar-refractivity contribution >= 4 is 0 Å². The maximum absolute atomic E-state index is 13.9. The summed E-state index contributed by atoms with van der Waals surface area (Å²) in [5.74, 6) is -3.43. The number of hydrogen-bond acceptors (Lipinski definition) is 0. The Hall–Kier alpha value is -2.55. The lowest BCUT2D eigenvalue weighted by Gasteiger charge is -2.07. The van der Waals surface area contributed by atoms with E-state index in [1.54, 1.807) is 12.2 Å². The quantitative estimate of drug-likeness (QED) is 0.471. The minimum absolute atomic E-state index is 0.258. The van der Waals surface area contributed by atoms with E-state index in [9.17, 15) is 13.2 Å². The molecule has 0 nitrogen and oxygen atoms in total. The van der Waals surface area contributed by atoms with E-state index in [2.05, 4.69) is 39.5 Å². The molecule has 0 aromatic carbocycles. The van der Waals surface area contributed by atoms with E-state index < -0.39 is 23.1 Å². The molecule has 0 atom stereocenters. The average Bonchev–Trinajstić information content (AvgIpc) is 2.48. The number of rotatable bonds is 8. The fraction of sp³-hybridized carbons (Fsp3) is 0. The summed E-state index contributed by atoms with van der Waals surface area (Å²) in [5.41, 5.74) is -0.183. The van der Waals surface area contributed by atoms with Crippen molar-refractivity contribution in [1.29, 1.82) is 0 Å². The van der Waals surface area contributed by atoms with Gasteiger partial charge in [-0.1, -0.05) is 57.7 Å². The Kier molecular flexibility index (Phi) is 7.54. The third kappa shape index (κ3) is 5.53. The molecule has 21 heavy (non-hydrogen) atoms. The lowest BCUT2D eigenvalue weighted by molar-refractivity contribution is 0.563. The zero-order valence-corrected chi connectivity index (χ0v) is 11.8. The van der Waals surface area contributed by atoms with Crippen LogP contribution in [-0.4, -0.2) is 0 Å². The third-order valence-electron chi connectivity index (χ3n) is 2.45. The van der Waals surface area contributed by atoms with Crippen LogP contribution in [0.2, 0.25) is 0 Å². The van der Waals surface area contributed by atoms with Crippen molar-refractivity contribution in [3.8, 4) is 0 Å². The van der Waals surface area contributed by atoms with Gasteiger partial charge in [-0.05, 0) is 23.3 Å². The standard InChI is InChI=1S/C18H17F3/c1-7-9-10-12(3)13(4)11-17(20)14(5)15(6)18(21)16(19)8-2/h7-11H,1-6H2/b10-9-,17-11+,18-16-. The lowest BCUT2D eigenvalue weighted by atomic mass is 10.0. The Labute approximate surface area is 123 Å². The zero-order chi connectivity index (χ0) is 16.6. The molecule has 0 radical (unpaired) electrons. The predicted octanol–water partition coefficient (Wildman–Crippen LogP) is 6.14.